The number of halogens is 3. The first-order valence-corrected chi connectivity index (χ1v) is 14.9. The van der Waals surface area contributed by atoms with Crippen molar-refractivity contribution in [2.24, 2.45) is 0 Å². The van der Waals surface area contributed by atoms with Crippen molar-refractivity contribution in [3.8, 4) is 11.5 Å². The molecule has 0 fully saturated rings. The maximum absolute atomic E-state index is 13.1. The van der Waals surface area contributed by atoms with Crippen LogP contribution in [0.15, 0.2) is 59.1 Å². The third-order valence-corrected chi connectivity index (χ3v) is 7.32. The smallest absolute Gasteiger partial charge is 0.410 e. The Morgan fingerprint density at radius 2 is 1.71 bits per heavy atom. The fraction of sp³-hybridized carbons (Fsp3) is 0.323. The number of aryl methyl sites for hydroxylation is 1. The van der Waals surface area contributed by atoms with Crippen LogP contribution in [0.2, 0.25) is 10.0 Å². The lowest BCUT2D eigenvalue weighted by atomic mass is 10.0. The Morgan fingerprint density at radius 1 is 1.00 bits per heavy atom. The Labute approximate surface area is 264 Å². The van der Waals surface area contributed by atoms with Crippen LogP contribution in [-0.2, 0) is 33.8 Å². The second kappa shape index (κ2) is 13.4. The zero-order valence-electron chi connectivity index (χ0n) is 23.8. The summed E-state index contributed by atoms with van der Waals surface area (Å²) in [4.78, 5) is 41.7. The number of hydrogen-bond donors (Lipinski definition) is 1. The molecule has 11 heteroatoms. The van der Waals surface area contributed by atoms with Crippen molar-refractivity contribution in [1.82, 2.24) is 9.80 Å². The number of nitrogens with one attached hydrogen (secondary N) is 1. The molecule has 0 bridgehead atoms. The third-order valence-electron chi connectivity index (χ3n) is 6.39. The Balaban J connectivity index is 1.44. The van der Waals surface area contributed by atoms with Crippen LogP contribution < -0.4 is 10.1 Å². The maximum atomic E-state index is 13.1. The molecule has 3 aromatic rings. The summed E-state index contributed by atoms with van der Waals surface area (Å²) in [7, 11) is 1.54. The summed E-state index contributed by atoms with van der Waals surface area (Å²) in [6.07, 6.45) is 1.22. The van der Waals surface area contributed by atoms with E-state index in [1.165, 1.54) is 4.90 Å². The fourth-order valence-electron chi connectivity index (χ4n) is 4.48. The normalized spacial score (nSPS) is 13.1. The Hall–Kier alpha value is -3.27. The summed E-state index contributed by atoms with van der Waals surface area (Å²) < 4.78 is 12.4. The van der Waals surface area contributed by atoms with Gasteiger partial charge in [-0.1, -0.05) is 51.3 Å². The van der Waals surface area contributed by atoms with Gasteiger partial charge in [-0.3, -0.25) is 9.59 Å². The molecule has 3 aromatic carbocycles. The average molecular weight is 677 g/mol. The van der Waals surface area contributed by atoms with E-state index in [0.717, 1.165) is 28.4 Å². The van der Waals surface area contributed by atoms with Gasteiger partial charge in [0.15, 0.2) is 0 Å². The highest BCUT2D eigenvalue weighted by Gasteiger charge is 2.26. The van der Waals surface area contributed by atoms with Crippen LogP contribution in [0.25, 0.3) is 0 Å². The predicted octanol–water partition coefficient (Wildman–Crippen LogP) is 7.83. The zero-order valence-corrected chi connectivity index (χ0v) is 26.9. The van der Waals surface area contributed by atoms with Crippen molar-refractivity contribution in [3.05, 3.63) is 85.8 Å². The monoisotopic (exact) mass is 675 g/mol. The van der Waals surface area contributed by atoms with Gasteiger partial charge in [0.05, 0.1) is 0 Å². The van der Waals surface area contributed by atoms with Crippen LogP contribution in [0.1, 0.15) is 43.9 Å². The molecule has 1 aliphatic heterocycles. The first-order chi connectivity index (χ1) is 19.8. The van der Waals surface area contributed by atoms with Gasteiger partial charge in [0.1, 0.15) is 17.1 Å². The van der Waals surface area contributed by atoms with E-state index < -0.39 is 17.4 Å². The maximum Gasteiger partial charge on any atom is 0.410 e. The number of rotatable bonds is 5. The summed E-state index contributed by atoms with van der Waals surface area (Å²) in [5.74, 6) is -0.591. The number of ether oxygens (including phenoxy) is 2. The highest BCUT2D eigenvalue weighted by molar-refractivity contribution is 9.10. The second-order valence-corrected chi connectivity index (χ2v) is 12.9. The lowest BCUT2D eigenvalue weighted by Gasteiger charge is -2.26. The highest BCUT2D eigenvalue weighted by Crippen LogP contribution is 2.33. The molecule has 1 N–H and O–H groups in total. The van der Waals surface area contributed by atoms with Crippen LogP contribution in [0, 0.1) is 0 Å². The van der Waals surface area contributed by atoms with E-state index in [-0.39, 0.29) is 12.6 Å². The molecule has 0 saturated carbocycles. The van der Waals surface area contributed by atoms with Crippen molar-refractivity contribution in [1.29, 1.82) is 0 Å². The van der Waals surface area contributed by atoms with E-state index in [4.69, 9.17) is 32.7 Å². The molecule has 0 aromatic heterocycles. The van der Waals surface area contributed by atoms with Crippen LogP contribution >= 0.6 is 39.1 Å². The van der Waals surface area contributed by atoms with Crippen molar-refractivity contribution in [2.45, 2.75) is 52.3 Å². The third kappa shape index (κ3) is 8.63. The van der Waals surface area contributed by atoms with E-state index in [0.29, 0.717) is 45.9 Å². The number of likely N-dealkylation sites (N-methyl/N-ethyl adjacent to an activating group) is 1. The summed E-state index contributed by atoms with van der Waals surface area (Å²) in [5.41, 5.74) is 2.53. The zero-order chi connectivity index (χ0) is 30.6. The Morgan fingerprint density at radius 3 is 2.40 bits per heavy atom. The fourth-order valence-corrected chi connectivity index (χ4v) is 5.32. The molecular formula is C31H32BrCl2N3O5. The highest BCUT2D eigenvalue weighted by atomic mass is 79.9. The molecule has 3 amide bonds. The van der Waals surface area contributed by atoms with Gasteiger partial charge in [0.25, 0.3) is 0 Å². The number of benzene rings is 3. The lowest BCUT2D eigenvalue weighted by Crippen LogP contribution is -2.37. The van der Waals surface area contributed by atoms with Gasteiger partial charge < -0.3 is 24.6 Å². The number of hydrogen-bond acceptors (Lipinski definition) is 5. The molecule has 0 unspecified atom stereocenters. The van der Waals surface area contributed by atoms with Gasteiger partial charge in [-0.05, 0) is 87.2 Å². The standard InChI is InChI=1S/C31H32BrCl2N3O5/c1-31(2,3)42-30(40)37-11-5-6-19-8-10-25(12-21(19)18-37)35-28(38)29(39)36(4)17-20-7-9-22(32)13-27(20)41-26-15-23(33)14-24(34)16-26/h7-10,12-16H,5-6,11,17-18H2,1-4H3,(H,35,38). The molecule has 222 valence electrons. The van der Waals surface area contributed by atoms with Crippen molar-refractivity contribution in [3.63, 3.8) is 0 Å². The summed E-state index contributed by atoms with van der Waals surface area (Å²) in [6.45, 7) is 6.53. The number of carbonyl (C=O) groups excluding carboxylic acids is 3. The van der Waals surface area contributed by atoms with Gasteiger partial charge in [0, 0.05) is 52.5 Å². The minimum atomic E-state index is -0.781. The molecule has 0 atom stereocenters. The molecular weight excluding hydrogens is 645 g/mol. The second-order valence-electron chi connectivity index (χ2n) is 11.1. The Bertz CT molecular complexity index is 1490. The quantitative estimate of drug-likeness (QED) is 0.278. The van der Waals surface area contributed by atoms with Gasteiger partial charge in [-0.15, -0.1) is 0 Å². The molecule has 0 radical (unpaired) electrons. The van der Waals surface area contributed by atoms with Crippen molar-refractivity contribution >= 4 is 62.7 Å². The summed E-state index contributed by atoms with van der Waals surface area (Å²) in [5, 5.41) is 3.55. The minimum Gasteiger partial charge on any atom is -0.457 e. The molecule has 42 heavy (non-hydrogen) atoms. The van der Waals surface area contributed by atoms with Gasteiger partial charge >= 0.3 is 17.9 Å². The van der Waals surface area contributed by atoms with Gasteiger partial charge in [-0.2, -0.15) is 0 Å². The number of fused-ring (bicyclic) bond motifs is 1. The molecule has 4 rings (SSSR count). The number of anilines is 1. The van der Waals surface area contributed by atoms with Crippen molar-refractivity contribution in [2.75, 3.05) is 18.9 Å². The van der Waals surface area contributed by atoms with Crippen LogP contribution in [0.4, 0.5) is 10.5 Å². The first kappa shape index (κ1) is 31.7. The Kier molecular flexibility index (Phi) is 10.1. The van der Waals surface area contributed by atoms with Gasteiger partial charge in [-0.25, -0.2) is 4.79 Å². The van der Waals surface area contributed by atoms with Gasteiger partial charge in [0.2, 0.25) is 0 Å². The molecule has 8 nitrogen and oxygen atoms in total. The summed E-state index contributed by atoms with van der Waals surface area (Å²) >= 11 is 15.7. The van der Waals surface area contributed by atoms with E-state index in [1.54, 1.807) is 54.4 Å². The molecule has 1 heterocycles. The topological polar surface area (TPSA) is 88.2 Å². The van der Waals surface area contributed by atoms with Crippen LogP contribution in [0.5, 0.6) is 11.5 Å². The van der Waals surface area contributed by atoms with Crippen molar-refractivity contribution < 1.29 is 23.9 Å². The number of amides is 3. The summed E-state index contributed by atoms with van der Waals surface area (Å²) in [6, 6.07) is 15.7. The lowest BCUT2D eigenvalue weighted by molar-refractivity contribution is -0.142. The SMILES string of the molecule is CN(Cc1ccc(Br)cc1Oc1cc(Cl)cc(Cl)c1)C(=O)C(=O)Nc1ccc2c(c1)CN(C(=O)OC(C)(C)C)CCC2. The molecule has 1 aliphatic rings. The number of carbonyl (C=O) groups is 3. The first-order valence-electron chi connectivity index (χ1n) is 13.4. The number of nitrogens with zero attached hydrogens (tertiary/aromatic N) is 2. The minimum absolute atomic E-state index is 0.109. The van der Waals surface area contributed by atoms with Crippen LogP contribution in [-0.4, -0.2) is 46.9 Å². The van der Waals surface area contributed by atoms with E-state index >= 15 is 0 Å². The molecule has 0 saturated heterocycles. The van der Waals surface area contributed by atoms with E-state index in [1.807, 2.05) is 32.9 Å². The van der Waals surface area contributed by atoms with Crippen LogP contribution in [0.3, 0.4) is 0 Å². The average Bonchev–Trinajstić information content (AvgIpc) is 3.10. The van der Waals surface area contributed by atoms with E-state index in [2.05, 4.69) is 21.2 Å². The molecule has 0 spiro atoms. The van der Waals surface area contributed by atoms with E-state index in [9.17, 15) is 14.4 Å². The predicted molar refractivity (Wildman–Crippen MR) is 167 cm³/mol. The molecule has 0 aliphatic carbocycles. The largest absolute Gasteiger partial charge is 0.457 e.